The van der Waals surface area contributed by atoms with Gasteiger partial charge in [-0.1, -0.05) is 12.1 Å². The van der Waals surface area contributed by atoms with Crippen molar-refractivity contribution in [1.82, 2.24) is 15.1 Å². The number of cyclic esters (lactones) is 1. The topological polar surface area (TPSA) is 96.5 Å². The van der Waals surface area contributed by atoms with E-state index in [1.54, 1.807) is 11.1 Å². The molecule has 130 valence electrons. The van der Waals surface area contributed by atoms with Gasteiger partial charge >= 0.3 is 12.2 Å². The summed E-state index contributed by atoms with van der Waals surface area (Å²) >= 11 is 0. The number of H-pyrrole nitrogens is 1. The molecule has 1 aromatic heterocycles. The summed E-state index contributed by atoms with van der Waals surface area (Å²) in [6, 6.07) is 9.27. The van der Waals surface area contributed by atoms with E-state index < -0.39 is 11.8 Å². The number of benzene rings is 1. The molecule has 8 nitrogen and oxygen atoms in total. The monoisotopic (exact) mass is 342 g/mol. The number of nitrogens with zero attached hydrogens (tertiary/aromatic N) is 2. The first kappa shape index (κ1) is 15.5. The molecule has 8 heteroatoms. The Morgan fingerprint density at radius 2 is 2.12 bits per heavy atom. The highest BCUT2D eigenvalue weighted by molar-refractivity contribution is 5.90. The Hall–Kier alpha value is -3.03. The van der Waals surface area contributed by atoms with Crippen molar-refractivity contribution in [2.75, 3.05) is 25.0 Å². The second kappa shape index (κ2) is 6.12. The molecule has 3 heterocycles. The quantitative estimate of drug-likeness (QED) is 0.818. The van der Waals surface area contributed by atoms with E-state index in [0.717, 1.165) is 11.3 Å². The molecule has 1 aromatic carbocycles. The van der Waals surface area contributed by atoms with Gasteiger partial charge in [-0.3, -0.25) is 5.10 Å². The summed E-state index contributed by atoms with van der Waals surface area (Å²) in [5.74, 6) is 0. The van der Waals surface area contributed by atoms with E-state index in [9.17, 15) is 9.59 Å². The first-order valence-corrected chi connectivity index (χ1v) is 8.15. The normalized spacial score (nSPS) is 18.7. The van der Waals surface area contributed by atoms with Crippen LogP contribution in [0.25, 0.3) is 11.3 Å². The molecule has 0 radical (unpaired) electrons. The van der Waals surface area contributed by atoms with Crippen LogP contribution < -0.4 is 5.32 Å². The van der Waals surface area contributed by atoms with Gasteiger partial charge in [0, 0.05) is 43.4 Å². The minimum atomic E-state index is -0.617. The minimum Gasteiger partial charge on any atom is -0.430 e. The predicted molar refractivity (Wildman–Crippen MR) is 89.0 cm³/mol. The van der Waals surface area contributed by atoms with Crippen molar-refractivity contribution in [3.05, 3.63) is 36.5 Å². The van der Waals surface area contributed by atoms with Crippen molar-refractivity contribution in [2.45, 2.75) is 18.4 Å². The smallest absolute Gasteiger partial charge is 0.430 e. The van der Waals surface area contributed by atoms with Gasteiger partial charge in [-0.15, -0.1) is 0 Å². The molecule has 2 aliphatic heterocycles. The van der Waals surface area contributed by atoms with Gasteiger partial charge in [0.05, 0.1) is 5.69 Å². The molecular formula is C17H18N4O4. The second-order valence-corrected chi connectivity index (χ2v) is 6.29. The summed E-state index contributed by atoms with van der Waals surface area (Å²) in [5.41, 5.74) is 1.99. The molecule has 0 aliphatic carbocycles. The van der Waals surface area contributed by atoms with Gasteiger partial charge in [-0.25, -0.2) is 9.59 Å². The standard InChI is InChI=1S/C17H18N4O4/c22-15(21-8-5-17(6-9-21)11-24-16(23)25-17)19-13-3-1-2-12(10-13)14-4-7-18-20-14/h1-4,7,10H,5-6,8-9,11H2,(H,18,20)(H,19,22). The van der Waals surface area contributed by atoms with Crippen molar-refractivity contribution in [3.63, 3.8) is 0 Å². The van der Waals surface area contributed by atoms with Gasteiger partial charge in [0.25, 0.3) is 0 Å². The maximum Gasteiger partial charge on any atom is 0.509 e. The average Bonchev–Trinajstić information content (AvgIpc) is 3.26. The highest BCUT2D eigenvalue weighted by Gasteiger charge is 2.45. The van der Waals surface area contributed by atoms with E-state index in [1.165, 1.54) is 0 Å². The third-order valence-corrected chi connectivity index (χ3v) is 4.64. The Kier molecular flexibility index (Phi) is 3.79. The molecular weight excluding hydrogens is 324 g/mol. The van der Waals surface area contributed by atoms with Crippen LogP contribution in [0.1, 0.15) is 12.8 Å². The Bertz CT molecular complexity index is 782. The number of urea groups is 1. The van der Waals surface area contributed by atoms with Crippen molar-refractivity contribution >= 4 is 17.9 Å². The van der Waals surface area contributed by atoms with Gasteiger partial charge in [0.2, 0.25) is 0 Å². The van der Waals surface area contributed by atoms with Crippen LogP contribution in [0.5, 0.6) is 0 Å². The summed E-state index contributed by atoms with van der Waals surface area (Å²) in [6.45, 7) is 1.30. The number of carbonyl (C=O) groups is 2. The van der Waals surface area contributed by atoms with E-state index >= 15 is 0 Å². The Balaban J connectivity index is 1.38. The van der Waals surface area contributed by atoms with Gasteiger partial charge in [-0.05, 0) is 18.2 Å². The molecule has 25 heavy (non-hydrogen) atoms. The number of ether oxygens (including phenoxy) is 2. The van der Waals surface area contributed by atoms with Gasteiger partial charge in [-0.2, -0.15) is 5.10 Å². The lowest BCUT2D eigenvalue weighted by Gasteiger charge is -2.36. The molecule has 2 aromatic rings. The first-order valence-electron chi connectivity index (χ1n) is 8.15. The van der Waals surface area contributed by atoms with Crippen molar-refractivity contribution in [2.24, 2.45) is 0 Å². The summed E-state index contributed by atoms with van der Waals surface area (Å²) in [5, 5.41) is 9.75. The molecule has 2 N–H and O–H groups in total. The second-order valence-electron chi connectivity index (χ2n) is 6.29. The summed E-state index contributed by atoms with van der Waals surface area (Å²) in [7, 11) is 0. The Labute approximate surface area is 144 Å². The predicted octanol–water partition coefficient (Wildman–Crippen LogP) is 2.61. The number of hydrogen-bond donors (Lipinski definition) is 2. The largest absolute Gasteiger partial charge is 0.509 e. The fourth-order valence-corrected chi connectivity index (χ4v) is 3.17. The van der Waals surface area contributed by atoms with Crippen LogP contribution in [0.3, 0.4) is 0 Å². The summed E-state index contributed by atoms with van der Waals surface area (Å²) in [6.07, 6.45) is 2.23. The van der Waals surface area contributed by atoms with E-state index in [4.69, 9.17) is 9.47 Å². The highest BCUT2D eigenvalue weighted by atomic mass is 16.8. The number of carbonyl (C=O) groups excluding carboxylic acids is 2. The molecule has 2 fully saturated rings. The van der Waals surface area contributed by atoms with Gasteiger partial charge in [0.1, 0.15) is 6.61 Å². The number of aromatic amines is 1. The van der Waals surface area contributed by atoms with E-state index in [2.05, 4.69) is 15.5 Å². The molecule has 2 aliphatic rings. The Morgan fingerprint density at radius 3 is 2.80 bits per heavy atom. The van der Waals surface area contributed by atoms with Crippen LogP contribution >= 0.6 is 0 Å². The zero-order chi connectivity index (χ0) is 17.3. The summed E-state index contributed by atoms with van der Waals surface area (Å²) < 4.78 is 10.2. The molecule has 4 rings (SSSR count). The van der Waals surface area contributed by atoms with Crippen molar-refractivity contribution in [1.29, 1.82) is 0 Å². The maximum absolute atomic E-state index is 12.5. The lowest BCUT2D eigenvalue weighted by Crippen LogP contribution is -2.49. The molecule has 2 saturated heterocycles. The third kappa shape index (κ3) is 3.15. The fraction of sp³-hybridized carbons (Fsp3) is 0.353. The molecule has 0 unspecified atom stereocenters. The van der Waals surface area contributed by atoms with Crippen LogP contribution in [0.2, 0.25) is 0 Å². The Morgan fingerprint density at radius 1 is 1.28 bits per heavy atom. The lowest BCUT2D eigenvalue weighted by molar-refractivity contribution is 0.0106. The molecule has 1 spiro atoms. The zero-order valence-electron chi connectivity index (χ0n) is 13.5. The number of aromatic nitrogens is 2. The number of amides is 2. The molecule has 2 amide bonds. The van der Waals surface area contributed by atoms with Crippen LogP contribution in [-0.2, 0) is 9.47 Å². The van der Waals surface area contributed by atoms with E-state index in [0.29, 0.717) is 31.6 Å². The number of likely N-dealkylation sites (tertiary alicyclic amines) is 1. The van der Waals surface area contributed by atoms with E-state index in [1.807, 2.05) is 30.3 Å². The van der Waals surface area contributed by atoms with Crippen LogP contribution in [0, 0.1) is 0 Å². The number of piperidine rings is 1. The first-order chi connectivity index (χ1) is 12.1. The third-order valence-electron chi connectivity index (χ3n) is 4.64. The fourth-order valence-electron chi connectivity index (χ4n) is 3.17. The molecule has 0 atom stereocenters. The van der Waals surface area contributed by atoms with Crippen molar-refractivity contribution < 1.29 is 19.1 Å². The lowest BCUT2D eigenvalue weighted by atomic mass is 9.92. The maximum atomic E-state index is 12.5. The minimum absolute atomic E-state index is 0.165. The number of nitrogens with one attached hydrogen (secondary N) is 2. The molecule has 0 bridgehead atoms. The van der Waals surface area contributed by atoms with Gasteiger partial charge < -0.3 is 19.7 Å². The SMILES string of the molecule is O=C1OCC2(CCN(C(=O)Nc3cccc(-c4ccn[nH]4)c3)CC2)O1. The van der Waals surface area contributed by atoms with Crippen LogP contribution in [0.15, 0.2) is 36.5 Å². The summed E-state index contributed by atoms with van der Waals surface area (Å²) in [4.78, 5) is 25.4. The molecule has 0 saturated carbocycles. The average molecular weight is 342 g/mol. The van der Waals surface area contributed by atoms with Gasteiger partial charge in [0.15, 0.2) is 5.60 Å². The van der Waals surface area contributed by atoms with E-state index in [-0.39, 0.29) is 12.6 Å². The number of hydrogen-bond acceptors (Lipinski definition) is 5. The highest BCUT2D eigenvalue weighted by Crippen LogP contribution is 2.32. The number of rotatable bonds is 2. The van der Waals surface area contributed by atoms with Crippen LogP contribution in [-0.4, -0.2) is 52.6 Å². The zero-order valence-corrected chi connectivity index (χ0v) is 13.5. The van der Waals surface area contributed by atoms with Crippen molar-refractivity contribution in [3.8, 4) is 11.3 Å². The number of anilines is 1. The van der Waals surface area contributed by atoms with Crippen LogP contribution in [0.4, 0.5) is 15.3 Å².